The Hall–Kier alpha value is -2.16. The molecule has 1 amide bonds. The van der Waals surface area contributed by atoms with E-state index in [0.29, 0.717) is 18.0 Å². The Balaban J connectivity index is 1.84. The lowest BCUT2D eigenvalue weighted by atomic mass is 10.2. The van der Waals surface area contributed by atoms with Gasteiger partial charge < -0.3 is 11.1 Å². The van der Waals surface area contributed by atoms with E-state index in [9.17, 15) is 4.79 Å². The summed E-state index contributed by atoms with van der Waals surface area (Å²) in [7, 11) is 0. The van der Waals surface area contributed by atoms with Crippen LogP contribution in [0.1, 0.15) is 20.1 Å². The van der Waals surface area contributed by atoms with Crippen LogP contribution in [0.3, 0.4) is 0 Å². The average Bonchev–Trinajstić information content (AvgIpc) is 2.95. The van der Waals surface area contributed by atoms with E-state index >= 15 is 0 Å². The normalized spacial score (nSPS) is 9.65. The molecule has 20 heavy (non-hydrogen) atoms. The molecule has 0 aliphatic rings. The van der Waals surface area contributed by atoms with Gasteiger partial charge in [-0.2, -0.15) is 0 Å². The van der Waals surface area contributed by atoms with Gasteiger partial charge in [-0.1, -0.05) is 17.9 Å². The second-order valence-corrected chi connectivity index (χ2v) is 5.12. The van der Waals surface area contributed by atoms with Crippen LogP contribution in [0, 0.1) is 11.8 Å². The maximum Gasteiger partial charge on any atom is 0.261 e. The lowest BCUT2D eigenvalue weighted by Gasteiger charge is -2.03. The third-order valence-electron chi connectivity index (χ3n) is 2.57. The molecule has 0 fully saturated rings. The minimum absolute atomic E-state index is 0.0697. The van der Waals surface area contributed by atoms with Gasteiger partial charge in [-0.25, -0.2) is 0 Å². The highest BCUT2D eigenvalue weighted by atomic mass is 32.1. The van der Waals surface area contributed by atoms with Gasteiger partial charge in [0.1, 0.15) is 0 Å². The lowest BCUT2D eigenvalue weighted by molar-refractivity contribution is 0.0958. The number of carbonyl (C=O) groups excluding carboxylic acids is 1. The second-order valence-electron chi connectivity index (χ2n) is 4.04. The van der Waals surface area contributed by atoms with Crippen molar-refractivity contribution < 1.29 is 4.79 Å². The Morgan fingerprint density at radius 2 is 2.30 bits per heavy atom. The predicted molar refractivity (Wildman–Crippen MR) is 80.5 cm³/mol. The van der Waals surface area contributed by atoms with Crippen molar-refractivity contribution in [2.24, 2.45) is 5.73 Å². The number of hydrogen-bond acceptors (Lipinski definition) is 4. The first-order chi connectivity index (χ1) is 9.79. The zero-order valence-electron chi connectivity index (χ0n) is 10.9. The molecule has 2 rings (SSSR count). The zero-order chi connectivity index (χ0) is 14.2. The first-order valence-electron chi connectivity index (χ1n) is 6.25. The molecule has 2 aromatic heterocycles. The van der Waals surface area contributed by atoms with E-state index in [2.05, 4.69) is 22.1 Å². The van der Waals surface area contributed by atoms with E-state index in [-0.39, 0.29) is 5.91 Å². The highest BCUT2D eigenvalue weighted by Crippen LogP contribution is 2.15. The Labute approximate surface area is 122 Å². The molecule has 102 valence electrons. The third-order valence-corrected chi connectivity index (χ3v) is 3.56. The fraction of sp³-hybridized carbons (Fsp3) is 0.200. The van der Waals surface area contributed by atoms with Crippen LogP contribution < -0.4 is 11.1 Å². The molecule has 2 aromatic rings. The van der Waals surface area contributed by atoms with E-state index in [1.165, 1.54) is 11.3 Å². The molecule has 0 saturated heterocycles. The molecular weight excluding hydrogens is 270 g/mol. The smallest absolute Gasteiger partial charge is 0.261 e. The van der Waals surface area contributed by atoms with Crippen molar-refractivity contribution in [3.8, 4) is 11.8 Å². The van der Waals surface area contributed by atoms with Crippen LogP contribution in [0.5, 0.6) is 0 Å². The number of thiophene rings is 1. The van der Waals surface area contributed by atoms with Gasteiger partial charge in [0.05, 0.1) is 16.3 Å². The minimum Gasteiger partial charge on any atom is -0.351 e. The van der Waals surface area contributed by atoms with E-state index in [4.69, 9.17) is 5.73 Å². The first kappa shape index (κ1) is 14.3. The summed E-state index contributed by atoms with van der Waals surface area (Å²) < 4.78 is 0. The summed E-state index contributed by atoms with van der Waals surface area (Å²) in [4.78, 5) is 17.5. The van der Waals surface area contributed by atoms with Crippen molar-refractivity contribution in [2.45, 2.75) is 6.42 Å². The van der Waals surface area contributed by atoms with Gasteiger partial charge in [-0.15, -0.1) is 11.3 Å². The van der Waals surface area contributed by atoms with Crippen LogP contribution in [0.4, 0.5) is 0 Å². The number of carbonyl (C=O) groups is 1. The Morgan fingerprint density at radius 1 is 1.40 bits per heavy atom. The first-order valence-corrected chi connectivity index (χ1v) is 7.07. The van der Waals surface area contributed by atoms with Crippen molar-refractivity contribution in [2.75, 3.05) is 13.1 Å². The standard InChI is InChI=1S/C15H15N3OS/c16-8-1-4-13-5-6-14(20-13)15(19)18-10-7-12-3-2-9-17-11-12/h2-3,5-6,9,11H,7-8,10,16H2,(H,18,19). The van der Waals surface area contributed by atoms with Gasteiger partial charge in [-0.3, -0.25) is 9.78 Å². The number of aromatic nitrogens is 1. The summed E-state index contributed by atoms with van der Waals surface area (Å²) in [6.07, 6.45) is 4.31. The molecule has 0 unspecified atom stereocenters. The molecule has 0 radical (unpaired) electrons. The molecule has 4 nitrogen and oxygen atoms in total. The quantitative estimate of drug-likeness (QED) is 0.835. The lowest BCUT2D eigenvalue weighted by Crippen LogP contribution is -2.24. The molecule has 0 bridgehead atoms. The number of nitrogens with two attached hydrogens (primary N) is 1. The highest BCUT2D eigenvalue weighted by molar-refractivity contribution is 7.14. The third kappa shape index (κ3) is 4.19. The summed E-state index contributed by atoms with van der Waals surface area (Å²) in [6.45, 7) is 0.913. The largest absolute Gasteiger partial charge is 0.351 e. The Kier molecular flexibility index (Phi) is 5.30. The molecular formula is C15H15N3OS. The second kappa shape index (κ2) is 7.43. The molecule has 5 heteroatoms. The molecule has 0 spiro atoms. The zero-order valence-corrected chi connectivity index (χ0v) is 11.7. The molecule has 3 N–H and O–H groups in total. The summed E-state index contributed by atoms with van der Waals surface area (Å²) in [5, 5.41) is 2.89. The minimum atomic E-state index is -0.0697. The van der Waals surface area contributed by atoms with Crippen molar-refractivity contribution >= 4 is 17.2 Å². The summed E-state index contributed by atoms with van der Waals surface area (Å²) in [5.74, 6) is 5.62. The van der Waals surface area contributed by atoms with Gasteiger partial charge in [0.25, 0.3) is 5.91 Å². The maximum atomic E-state index is 11.9. The van der Waals surface area contributed by atoms with Crippen molar-refractivity contribution in [1.29, 1.82) is 0 Å². The van der Waals surface area contributed by atoms with Crippen molar-refractivity contribution in [3.05, 3.63) is 52.0 Å². The van der Waals surface area contributed by atoms with Crippen LogP contribution in [-0.2, 0) is 6.42 Å². The van der Waals surface area contributed by atoms with Crippen LogP contribution in [0.2, 0.25) is 0 Å². The van der Waals surface area contributed by atoms with Crippen molar-refractivity contribution in [3.63, 3.8) is 0 Å². The van der Waals surface area contributed by atoms with Crippen molar-refractivity contribution in [1.82, 2.24) is 10.3 Å². The Morgan fingerprint density at radius 3 is 3.05 bits per heavy atom. The number of hydrogen-bond donors (Lipinski definition) is 2. The van der Waals surface area contributed by atoms with Gasteiger partial charge >= 0.3 is 0 Å². The van der Waals surface area contributed by atoms with Gasteiger partial charge in [-0.05, 0) is 30.2 Å². The molecule has 0 atom stereocenters. The number of nitrogens with zero attached hydrogens (tertiary/aromatic N) is 1. The maximum absolute atomic E-state index is 11.9. The predicted octanol–water partition coefficient (Wildman–Crippen LogP) is 1.43. The number of rotatable bonds is 4. The molecule has 2 heterocycles. The van der Waals surface area contributed by atoms with E-state index < -0.39 is 0 Å². The van der Waals surface area contributed by atoms with Gasteiger partial charge in [0, 0.05) is 18.9 Å². The summed E-state index contributed by atoms with van der Waals surface area (Å²) >= 11 is 1.37. The SMILES string of the molecule is NCC#Cc1ccc(C(=O)NCCc2cccnc2)s1. The monoisotopic (exact) mass is 285 g/mol. The summed E-state index contributed by atoms with van der Waals surface area (Å²) in [5.41, 5.74) is 6.42. The summed E-state index contributed by atoms with van der Waals surface area (Å²) in [6, 6.07) is 7.50. The van der Waals surface area contributed by atoms with Crippen LogP contribution >= 0.6 is 11.3 Å². The fourth-order valence-electron chi connectivity index (χ4n) is 1.62. The van der Waals surface area contributed by atoms with Crippen LogP contribution in [-0.4, -0.2) is 24.0 Å². The number of nitrogens with one attached hydrogen (secondary N) is 1. The molecule has 0 aromatic carbocycles. The van der Waals surface area contributed by atoms with E-state index in [1.54, 1.807) is 18.5 Å². The van der Waals surface area contributed by atoms with Gasteiger partial charge in [0.2, 0.25) is 0 Å². The van der Waals surface area contributed by atoms with Gasteiger partial charge in [0.15, 0.2) is 0 Å². The Bertz CT molecular complexity index is 625. The van der Waals surface area contributed by atoms with Crippen LogP contribution in [0.15, 0.2) is 36.7 Å². The molecule has 0 aliphatic carbocycles. The molecule has 0 saturated carbocycles. The fourth-order valence-corrected chi connectivity index (χ4v) is 2.42. The number of amides is 1. The van der Waals surface area contributed by atoms with E-state index in [0.717, 1.165) is 16.9 Å². The van der Waals surface area contributed by atoms with Crippen LogP contribution in [0.25, 0.3) is 0 Å². The van der Waals surface area contributed by atoms with E-state index in [1.807, 2.05) is 18.2 Å². The molecule has 0 aliphatic heterocycles. The number of pyridine rings is 1. The highest BCUT2D eigenvalue weighted by Gasteiger charge is 2.07. The topological polar surface area (TPSA) is 68.0 Å². The average molecular weight is 285 g/mol.